The van der Waals surface area contributed by atoms with E-state index in [-0.39, 0.29) is 11.2 Å². The predicted molar refractivity (Wildman–Crippen MR) is 79.1 cm³/mol. The average Bonchev–Trinajstić information content (AvgIpc) is 2.61. The van der Waals surface area contributed by atoms with Crippen LogP contribution in [0.5, 0.6) is 0 Å². The first-order valence-electron chi connectivity index (χ1n) is 7.13. The molecule has 2 rings (SSSR count). The van der Waals surface area contributed by atoms with Gasteiger partial charge in [-0.15, -0.1) is 0 Å². The van der Waals surface area contributed by atoms with Crippen molar-refractivity contribution in [3.05, 3.63) is 11.4 Å². The summed E-state index contributed by atoms with van der Waals surface area (Å²) in [5.74, 6) is 0. The van der Waals surface area contributed by atoms with Crippen LogP contribution in [0.1, 0.15) is 46.0 Å². The third-order valence-corrected chi connectivity index (χ3v) is 4.36. The minimum Gasteiger partial charge on any atom is -0.399 e. The highest BCUT2D eigenvalue weighted by Crippen LogP contribution is 2.36. The molecular weight excluding hydrogens is 255 g/mol. The van der Waals surface area contributed by atoms with Gasteiger partial charge in [-0.1, -0.05) is 0 Å². The van der Waals surface area contributed by atoms with Crippen molar-refractivity contribution >= 4 is 12.6 Å². The number of hydrogen-bond acceptors (Lipinski definition) is 4. The SMILES string of the molecule is Cc1nn(CC(C)O)c(C)c1B1OC(C)(C)C(C)(C)O1. The van der Waals surface area contributed by atoms with Crippen molar-refractivity contribution in [2.45, 2.75) is 72.3 Å². The molecule has 1 unspecified atom stereocenters. The summed E-state index contributed by atoms with van der Waals surface area (Å²) in [5, 5.41) is 14.0. The first-order chi connectivity index (χ1) is 9.05. The summed E-state index contributed by atoms with van der Waals surface area (Å²) in [6, 6.07) is 0. The fraction of sp³-hybridized carbons (Fsp3) is 0.786. The molecule has 0 amide bonds. The Balaban J connectivity index is 2.33. The second kappa shape index (κ2) is 4.86. The molecule has 20 heavy (non-hydrogen) atoms. The number of aliphatic hydroxyl groups is 1. The van der Waals surface area contributed by atoms with E-state index in [9.17, 15) is 5.11 Å². The fourth-order valence-electron chi connectivity index (χ4n) is 2.44. The Hall–Kier alpha value is -0.845. The smallest absolute Gasteiger partial charge is 0.399 e. The van der Waals surface area contributed by atoms with Crippen LogP contribution >= 0.6 is 0 Å². The van der Waals surface area contributed by atoms with Crippen LogP contribution < -0.4 is 5.46 Å². The van der Waals surface area contributed by atoms with Gasteiger partial charge in [0.2, 0.25) is 0 Å². The Bertz CT molecular complexity index is 493. The fourth-order valence-corrected chi connectivity index (χ4v) is 2.44. The summed E-state index contributed by atoms with van der Waals surface area (Å²) in [5.41, 5.74) is 2.14. The minimum absolute atomic E-state index is 0.358. The van der Waals surface area contributed by atoms with Crippen LogP contribution in [0.25, 0.3) is 0 Å². The zero-order valence-corrected chi connectivity index (χ0v) is 13.5. The lowest BCUT2D eigenvalue weighted by molar-refractivity contribution is 0.00578. The van der Waals surface area contributed by atoms with E-state index < -0.39 is 13.2 Å². The molecule has 0 aliphatic carbocycles. The lowest BCUT2D eigenvalue weighted by Gasteiger charge is -2.32. The van der Waals surface area contributed by atoms with Crippen LogP contribution in [0.15, 0.2) is 0 Å². The second-order valence-electron chi connectivity index (χ2n) is 6.70. The van der Waals surface area contributed by atoms with Gasteiger partial charge < -0.3 is 14.4 Å². The Morgan fingerprint density at radius 3 is 2.15 bits per heavy atom. The summed E-state index contributed by atoms with van der Waals surface area (Å²) < 4.78 is 14.0. The topological polar surface area (TPSA) is 56.5 Å². The molecule has 1 atom stereocenters. The molecule has 112 valence electrons. The average molecular weight is 280 g/mol. The van der Waals surface area contributed by atoms with Gasteiger partial charge in [0.05, 0.1) is 29.5 Å². The minimum atomic E-state index is -0.431. The molecule has 2 heterocycles. The molecule has 1 aliphatic rings. The molecule has 0 aromatic carbocycles. The lowest BCUT2D eigenvalue weighted by Crippen LogP contribution is -2.41. The van der Waals surface area contributed by atoms with Gasteiger partial charge in [0.15, 0.2) is 0 Å². The van der Waals surface area contributed by atoms with Crippen molar-refractivity contribution in [2.24, 2.45) is 0 Å². The van der Waals surface area contributed by atoms with Crippen LogP contribution in [0.4, 0.5) is 0 Å². The molecule has 5 nitrogen and oxygen atoms in total. The number of aromatic nitrogens is 2. The Kier molecular flexibility index (Phi) is 3.78. The standard InChI is InChI=1S/C14H25BN2O3/c1-9(18)8-17-11(3)12(10(2)16-17)15-19-13(4,5)14(6,7)20-15/h9,18H,8H2,1-7H3. The summed E-state index contributed by atoms with van der Waals surface area (Å²) in [6.07, 6.45) is -0.431. The van der Waals surface area contributed by atoms with Crippen molar-refractivity contribution in [1.29, 1.82) is 0 Å². The lowest BCUT2D eigenvalue weighted by atomic mass is 9.77. The Morgan fingerprint density at radius 1 is 1.20 bits per heavy atom. The van der Waals surface area contributed by atoms with Crippen molar-refractivity contribution in [3.63, 3.8) is 0 Å². The van der Waals surface area contributed by atoms with E-state index in [0.717, 1.165) is 16.9 Å². The molecule has 0 bridgehead atoms. The molecule has 1 saturated heterocycles. The zero-order valence-electron chi connectivity index (χ0n) is 13.5. The largest absolute Gasteiger partial charge is 0.498 e. The van der Waals surface area contributed by atoms with Crippen LogP contribution in [0, 0.1) is 13.8 Å². The maximum atomic E-state index is 9.54. The van der Waals surface area contributed by atoms with Crippen molar-refractivity contribution in [1.82, 2.24) is 9.78 Å². The van der Waals surface area contributed by atoms with E-state index in [1.807, 2.05) is 46.2 Å². The van der Waals surface area contributed by atoms with Gasteiger partial charge in [-0.2, -0.15) is 5.10 Å². The molecule has 1 fully saturated rings. The van der Waals surface area contributed by atoms with Crippen LogP contribution in [-0.4, -0.2) is 39.3 Å². The molecule has 1 aromatic heterocycles. The van der Waals surface area contributed by atoms with E-state index in [0.29, 0.717) is 6.54 Å². The Morgan fingerprint density at radius 2 is 1.70 bits per heavy atom. The summed E-state index contributed by atoms with van der Waals surface area (Å²) in [7, 11) is -0.400. The van der Waals surface area contributed by atoms with E-state index in [1.54, 1.807) is 6.92 Å². The quantitative estimate of drug-likeness (QED) is 0.845. The third kappa shape index (κ3) is 2.52. The van der Waals surface area contributed by atoms with Gasteiger partial charge in [0, 0.05) is 11.2 Å². The third-order valence-electron chi connectivity index (χ3n) is 4.36. The molecule has 1 N–H and O–H groups in total. The molecule has 0 radical (unpaired) electrons. The maximum absolute atomic E-state index is 9.54. The van der Waals surface area contributed by atoms with Gasteiger partial charge in [0.25, 0.3) is 0 Å². The molecule has 0 spiro atoms. The van der Waals surface area contributed by atoms with E-state index >= 15 is 0 Å². The van der Waals surface area contributed by atoms with Gasteiger partial charge in [-0.3, -0.25) is 4.68 Å². The number of aliphatic hydroxyl groups excluding tert-OH is 1. The Labute approximate surface area is 121 Å². The van der Waals surface area contributed by atoms with Crippen molar-refractivity contribution in [2.75, 3.05) is 0 Å². The van der Waals surface area contributed by atoms with Gasteiger partial charge >= 0.3 is 7.12 Å². The maximum Gasteiger partial charge on any atom is 0.498 e. The van der Waals surface area contributed by atoms with E-state index in [2.05, 4.69) is 5.10 Å². The molecule has 6 heteroatoms. The number of rotatable bonds is 3. The highest BCUT2D eigenvalue weighted by Gasteiger charge is 2.53. The normalized spacial score (nSPS) is 22.3. The molecule has 0 saturated carbocycles. The van der Waals surface area contributed by atoms with E-state index in [1.165, 1.54) is 0 Å². The summed E-state index contributed by atoms with van der Waals surface area (Å²) in [6.45, 7) is 14.3. The summed E-state index contributed by atoms with van der Waals surface area (Å²) >= 11 is 0. The van der Waals surface area contributed by atoms with E-state index in [4.69, 9.17) is 9.31 Å². The monoisotopic (exact) mass is 280 g/mol. The van der Waals surface area contributed by atoms with Gasteiger partial charge in [-0.05, 0) is 48.5 Å². The zero-order chi connectivity index (χ0) is 15.3. The number of aryl methyl sites for hydroxylation is 1. The summed E-state index contributed by atoms with van der Waals surface area (Å²) in [4.78, 5) is 0. The highest BCUT2D eigenvalue weighted by molar-refractivity contribution is 6.63. The number of nitrogens with zero attached hydrogens (tertiary/aromatic N) is 2. The highest BCUT2D eigenvalue weighted by atomic mass is 16.7. The number of hydrogen-bond donors (Lipinski definition) is 1. The first kappa shape index (κ1) is 15.5. The van der Waals surface area contributed by atoms with Crippen LogP contribution in [0.2, 0.25) is 0 Å². The molecule has 1 aliphatic heterocycles. The second-order valence-corrected chi connectivity index (χ2v) is 6.70. The molecular formula is C14H25BN2O3. The van der Waals surface area contributed by atoms with Gasteiger partial charge in [0.1, 0.15) is 0 Å². The predicted octanol–water partition coefficient (Wildman–Crippen LogP) is 1.18. The molecule has 1 aromatic rings. The van der Waals surface area contributed by atoms with Gasteiger partial charge in [-0.25, -0.2) is 0 Å². The van der Waals surface area contributed by atoms with Crippen LogP contribution in [-0.2, 0) is 15.9 Å². The van der Waals surface area contributed by atoms with Crippen molar-refractivity contribution < 1.29 is 14.4 Å². The van der Waals surface area contributed by atoms with Crippen LogP contribution in [0.3, 0.4) is 0 Å². The van der Waals surface area contributed by atoms with Crippen molar-refractivity contribution in [3.8, 4) is 0 Å². The first-order valence-corrected chi connectivity index (χ1v) is 7.13.